The van der Waals surface area contributed by atoms with Crippen LogP contribution >= 0.6 is 0 Å². The number of aryl methyl sites for hydroxylation is 1. The largest absolute Gasteiger partial charge is 0.356 e. The molecule has 0 aliphatic carbocycles. The highest BCUT2D eigenvalue weighted by molar-refractivity contribution is 6.13. The van der Waals surface area contributed by atoms with Crippen LogP contribution in [0.25, 0.3) is 6.08 Å². The highest BCUT2D eigenvalue weighted by Gasteiger charge is 2.24. The zero-order chi connectivity index (χ0) is 24.5. The molecule has 1 aliphatic heterocycles. The van der Waals surface area contributed by atoms with Crippen molar-refractivity contribution in [3.05, 3.63) is 84.0 Å². The molecule has 0 saturated heterocycles. The number of rotatable bonds is 11. The van der Waals surface area contributed by atoms with E-state index in [2.05, 4.69) is 11.9 Å². The van der Waals surface area contributed by atoms with Gasteiger partial charge in [-0.2, -0.15) is 0 Å². The summed E-state index contributed by atoms with van der Waals surface area (Å²) in [5, 5.41) is 2.72. The van der Waals surface area contributed by atoms with Crippen molar-refractivity contribution in [3.63, 3.8) is 0 Å². The van der Waals surface area contributed by atoms with Crippen LogP contribution in [-0.2, 0) is 32.1 Å². The molecule has 7 nitrogen and oxygen atoms in total. The Kier molecular flexibility index (Phi) is 8.51. The first kappa shape index (κ1) is 24.6. The Morgan fingerprint density at radius 1 is 0.971 bits per heavy atom. The van der Waals surface area contributed by atoms with Gasteiger partial charge >= 0.3 is 0 Å². The molecule has 0 radical (unpaired) electrons. The number of carbonyl (C=O) groups excluding carboxylic acids is 4. The summed E-state index contributed by atoms with van der Waals surface area (Å²) in [5.41, 5.74) is 3.85. The Morgan fingerprint density at radius 3 is 2.29 bits per heavy atom. The number of hydrogen-bond donors (Lipinski definition) is 1. The average molecular weight is 460 g/mol. The lowest BCUT2D eigenvalue weighted by atomic mass is 10.0. The molecule has 176 valence electrons. The van der Waals surface area contributed by atoms with Gasteiger partial charge in [0.25, 0.3) is 11.8 Å². The number of nitrogens with zero attached hydrogens (tertiary/aromatic N) is 2. The summed E-state index contributed by atoms with van der Waals surface area (Å²) in [6, 6.07) is 15.6. The molecule has 2 aromatic carbocycles. The third-order valence-electron chi connectivity index (χ3n) is 5.69. The van der Waals surface area contributed by atoms with E-state index in [1.807, 2.05) is 55.5 Å². The van der Waals surface area contributed by atoms with Gasteiger partial charge in [0.15, 0.2) is 0 Å². The molecule has 3 rings (SSSR count). The van der Waals surface area contributed by atoms with Gasteiger partial charge in [-0.15, -0.1) is 0 Å². The van der Waals surface area contributed by atoms with Gasteiger partial charge in [0.1, 0.15) is 0 Å². The van der Waals surface area contributed by atoms with E-state index in [-0.39, 0.29) is 37.7 Å². The SMILES string of the molecule is C=Cc1ccccc1CN(C(=O)CCNC(=O)CCN1C(=O)C=CC1=O)c1ccccc1CC. The Hall–Kier alpha value is -4.00. The van der Waals surface area contributed by atoms with Crippen molar-refractivity contribution >= 4 is 35.4 Å². The molecule has 0 fully saturated rings. The fourth-order valence-corrected chi connectivity index (χ4v) is 3.83. The number of benzene rings is 2. The van der Waals surface area contributed by atoms with Crippen molar-refractivity contribution in [2.24, 2.45) is 0 Å². The molecular weight excluding hydrogens is 430 g/mol. The molecule has 2 aromatic rings. The minimum Gasteiger partial charge on any atom is -0.356 e. The molecule has 0 unspecified atom stereocenters. The van der Waals surface area contributed by atoms with Gasteiger partial charge in [-0.3, -0.25) is 24.1 Å². The van der Waals surface area contributed by atoms with Crippen LogP contribution in [0.5, 0.6) is 0 Å². The molecule has 1 N–H and O–H groups in total. The lowest BCUT2D eigenvalue weighted by Crippen LogP contribution is -2.37. The number of nitrogens with one attached hydrogen (secondary N) is 1. The summed E-state index contributed by atoms with van der Waals surface area (Å²) < 4.78 is 0. The lowest BCUT2D eigenvalue weighted by Gasteiger charge is -2.26. The van der Waals surface area contributed by atoms with E-state index in [9.17, 15) is 19.2 Å². The molecule has 0 aromatic heterocycles. The summed E-state index contributed by atoms with van der Waals surface area (Å²) >= 11 is 0. The molecule has 1 heterocycles. The fourth-order valence-electron chi connectivity index (χ4n) is 3.83. The van der Waals surface area contributed by atoms with Crippen molar-refractivity contribution in [2.45, 2.75) is 32.7 Å². The van der Waals surface area contributed by atoms with Gasteiger partial charge in [0.2, 0.25) is 11.8 Å². The number of carbonyl (C=O) groups is 4. The minimum absolute atomic E-state index is 0.0115. The molecule has 7 heteroatoms. The maximum Gasteiger partial charge on any atom is 0.253 e. The summed E-state index contributed by atoms with van der Waals surface area (Å²) in [6.07, 6.45) is 5.03. The Bertz CT molecular complexity index is 1100. The zero-order valence-corrected chi connectivity index (χ0v) is 19.3. The summed E-state index contributed by atoms with van der Waals surface area (Å²) in [6.45, 7) is 6.48. The molecular formula is C27H29N3O4. The van der Waals surface area contributed by atoms with Gasteiger partial charge < -0.3 is 10.2 Å². The molecule has 0 saturated carbocycles. The molecule has 34 heavy (non-hydrogen) atoms. The van der Waals surface area contributed by atoms with E-state index in [4.69, 9.17) is 0 Å². The quantitative estimate of drug-likeness (QED) is 0.523. The molecule has 0 bridgehead atoms. The predicted octanol–water partition coefficient (Wildman–Crippen LogP) is 3.25. The van der Waals surface area contributed by atoms with Gasteiger partial charge in [-0.25, -0.2) is 0 Å². The Balaban J connectivity index is 1.64. The Labute approximate surface area is 199 Å². The standard InChI is InChI=1S/C27H29N3O4/c1-3-20-9-5-6-11-22(20)19-30(23-12-8-7-10-21(23)4-2)27(34)15-17-28-24(31)16-18-29-25(32)13-14-26(29)33/h3,5-14H,1,4,15-19H2,2H3,(H,28,31). The number of anilines is 1. The molecule has 0 spiro atoms. The van der Waals surface area contributed by atoms with E-state index in [1.54, 1.807) is 11.0 Å². The predicted molar refractivity (Wildman–Crippen MR) is 132 cm³/mol. The van der Waals surface area contributed by atoms with Crippen LogP contribution in [0.2, 0.25) is 0 Å². The van der Waals surface area contributed by atoms with Crippen LogP contribution in [-0.4, -0.2) is 41.6 Å². The monoisotopic (exact) mass is 459 g/mol. The van der Waals surface area contributed by atoms with Crippen LogP contribution in [0.4, 0.5) is 5.69 Å². The topological polar surface area (TPSA) is 86.8 Å². The second kappa shape index (κ2) is 11.7. The third-order valence-corrected chi connectivity index (χ3v) is 5.69. The van der Waals surface area contributed by atoms with Crippen molar-refractivity contribution in [1.29, 1.82) is 0 Å². The molecule has 0 atom stereocenters. The van der Waals surface area contributed by atoms with E-state index >= 15 is 0 Å². The van der Waals surface area contributed by atoms with Gasteiger partial charge in [-0.1, -0.05) is 62.0 Å². The van der Waals surface area contributed by atoms with E-state index in [1.165, 1.54) is 12.2 Å². The third kappa shape index (κ3) is 6.07. The van der Waals surface area contributed by atoms with Crippen LogP contribution in [0, 0.1) is 0 Å². The van der Waals surface area contributed by atoms with Gasteiger partial charge in [0, 0.05) is 43.8 Å². The van der Waals surface area contributed by atoms with E-state index in [0.29, 0.717) is 6.54 Å². The van der Waals surface area contributed by atoms with Crippen LogP contribution < -0.4 is 10.2 Å². The maximum atomic E-state index is 13.3. The highest BCUT2D eigenvalue weighted by atomic mass is 16.2. The smallest absolute Gasteiger partial charge is 0.253 e. The maximum absolute atomic E-state index is 13.3. The molecule has 4 amide bonds. The van der Waals surface area contributed by atoms with Crippen molar-refractivity contribution in [3.8, 4) is 0 Å². The number of amides is 4. The zero-order valence-electron chi connectivity index (χ0n) is 19.3. The second-order valence-electron chi connectivity index (χ2n) is 7.88. The van der Waals surface area contributed by atoms with Crippen molar-refractivity contribution in [2.75, 3.05) is 18.0 Å². The normalized spacial score (nSPS) is 12.7. The number of para-hydroxylation sites is 1. The summed E-state index contributed by atoms with van der Waals surface area (Å²) in [4.78, 5) is 51.4. The van der Waals surface area contributed by atoms with Crippen molar-refractivity contribution < 1.29 is 19.2 Å². The van der Waals surface area contributed by atoms with Crippen molar-refractivity contribution in [1.82, 2.24) is 10.2 Å². The lowest BCUT2D eigenvalue weighted by molar-refractivity contribution is -0.137. The number of imide groups is 1. The summed E-state index contributed by atoms with van der Waals surface area (Å²) in [7, 11) is 0. The van der Waals surface area contributed by atoms with Crippen LogP contribution in [0.1, 0.15) is 36.5 Å². The first-order valence-electron chi connectivity index (χ1n) is 11.3. The van der Waals surface area contributed by atoms with E-state index in [0.717, 1.165) is 33.7 Å². The molecule has 1 aliphatic rings. The highest BCUT2D eigenvalue weighted by Crippen LogP contribution is 2.25. The van der Waals surface area contributed by atoms with Gasteiger partial charge in [0.05, 0.1) is 6.54 Å². The van der Waals surface area contributed by atoms with Crippen LogP contribution in [0.3, 0.4) is 0 Å². The van der Waals surface area contributed by atoms with Crippen LogP contribution in [0.15, 0.2) is 67.3 Å². The average Bonchev–Trinajstić information content (AvgIpc) is 3.18. The number of hydrogen-bond acceptors (Lipinski definition) is 4. The fraction of sp³-hybridized carbons (Fsp3) is 0.259. The minimum atomic E-state index is -0.419. The Morgan fingerprint density at radius 2 is 1.62 bits per heavy atom. The summed E-state index contributed by atoms with van der Waals surface area (Å²) in [5.74, 6) is -1.27. The van der Waals surface area contributed by atoms with Gasteiger partial charge in [-0.05, 0) is 29.2 Å². The first-order valence-corrected chi connectivity index (χ1v) is 11.3. The van der Waals surface area contributed by atoms with E-state index < -0.39 is 11.8 Å². The second-order valence-corrected chi connectivity index (χ2v) is 7.88. The first-order chi connectivity index (χ1) is 16.4.